The largest absolute Gasteiger partial charge is 0.392 e. The van der Waals surface area contributed by atoms with E-state index in [9.17, 15) is 5.11 Å². The molecule has 0 saturated carbocycles. The summed E-state index contributed by atoms with van der Waals surface area (Å²) in [6.07, 6.45) is 4.17. The molecule has 2 heteroatoms. The molecule has 0 radical (unpaired) electrons. The van der Waals surface area contributed by atoms with E-state index in [1.54, 1.807) is 0 Å². The Bertz CT molecular complexity index is 314. The standard InChI is InChI=1S/C14H20OS/c1-2-11-5-7-12(8-6-11)10-13(15)14-4-3-9-16-14/h5-8,13-15H,2-4,9-10H2,1H3. The van der Waals surface area contributed by atoms with Gasteiger partial charge in [0.1, 0.15) is 0 Å². The topological polar surface area (TPSA) is 20.2 Å². The van der Waals surface area contributed by atoms with Crippen molar-refractivity contribution in [2.24, 2.45) is 0 Å². The van der Waals surface area contributed by atoms with Gasteiger partial charge in [0.2, 0.25) is 0 Å². The van der Waals surface area contributed by atoms with Crippen molar-refractivity contribution in [1.29, 1.82) is 0 Å². The van der Waals surface area contributed by atoms with Crippen LogP contribution in [0.4, 0.5) is 0 Å². The Balaban J connectivity index is 1.92. The van der Waals surface area contributed by atoms with Crippen LogP contribution in [0.1, 0.15) is 30.9 Å². The van der Waals surface area contributed by atoms with E-state index in [2.05, 4.69) is 31.2 Å². The molecule has 0 amide bonds. The molecular formula is C14H20OS. The van der Waals surface area contributed by atoms with Gasteiger partial charge in [0.05, 0.1) is 6.10 Å². The molecule has 0 aliphatic carbocycles. The minimum atomic E-state index is -0.167. The maximum atomic E-state index is 10.1. The third kappa shape index (κ3) is 3.02. The van der Waals surface area contributed by atoms with Crippen LogP contribution < -0.4 is 0 Å². The van der Waals surface area contributed by atoms with E-state index < -0.39 is 0 Å². The molecule has 1 heterocycles. The zero-order chi connectivity index (χ0) is 11.4. The molecule has 1 aromatic carbocycles. The Hall–Kier alpha value is -0.470. The van der Waals surface area contributed by atoms with Crippen LogP contribution in [0.5, 0.6) is 0 Å². The number of rotatable bonds is 4. The molecule has 2 atom stereocenters. The van der Waals surface area contributed by atoms with E-state index in [-0.39, 0.29) is 6.10 Å². The van der Waals surface area contributed by atoms with Crippen LogP contribution in [0, 0.1) is 0 Å². The summed E-state index contributed by atoms with van der Waals surface area (Å²) in [7, 11) is 0. The molecule has 2 rings (SSSR count). The van der Waals surface area contributed by atoms with Crippen molar-refractivity contribution in [3.8, 4) is 0 Å². The van der Waals surface area contributed by atoms with Crippen LogP contribution in [0.3, 0.4) is 0 Å². The van der Waals surface area contributed by atoms with Crippen molar-refractivity contribution in [3.63, 3.8) is 0 Å². The molecule has 1 aliphatic rings. The molecule has 1 saturated heterocycles. The predicted molar refractivity (Wildman–Crippen MR) is 71.0 cm³/mol. The molecule has 2 unspecified atom stereocenters. The van der Waals surface area contributed by atoms with E-state index in [0.29, 0.717) is 5.25 Å². The zero-order valence-corrected chi connectivity index (χ0v) is 10.7. The van der Waals surface area contributed by atoms with Crippen molar-refractivity contribution in [2.75, 3.05) is 5.75 Å². The Kier molecular flexibility index (Phi) is 4.30. The highest BCUT2D eigenvalue weighted by atomic mass is 32.2. The SMILES string of the molecule is CCc1ccc(CC(O)C2CCCS2)cc1. The third-order valence-electron chi connectivity index (χ3n) is 3.27. The molecule has 1 aromatic rings. The number of aryl methyl sites for hydroxylation is 1. The zero-order valence-electron chi connectivity index (χ0n) is 9.86. The summed E-state index contributed by atoms with van der Waals surface area (Å²) in [5, 5.41) is 10.6. The molecule has 0 spiro atoms. The molecule has 16 heavy (non-hydrogen) atoms. The second-order valence-corrected chi connectivity index (χ2v) is 5.84. The van der Waals surface area contributed by atoms with Gasteiger partial charge in [-0.05, 0) is 42.6 Å². The second kappa shape index (κ2) is 5.74. The van der Waals surface area contributed by atoms with Gasteiger partial charge in [0.15, 0.2) is 0 Å². The lowest BCUT2D eigenvalue weighted by Crippen LogP contribution is -2.23. The third-order valence-corrected chi connectivity index (χ3v) is 4.77. The fourth-order valence-corrected chi connectivity index (χ4v) is 3.48. The lowest BCUT2D eigenvalue weighted by Gasteiger charge is -2.17. The first-order valence-electron chi connectivity index (χ1n) is 6.17. The Morgan fingerprint density at radius 2 is 2.00 bits per heavy atom. The summed E-state index contributed by atoms with van der Waals surface area (Å²) < 4.78 is 0. The van der Waals surface area contributed by atoms with Crippen molar-refractivity contribution in [1.82, 2.24) is 0 Å². The highest BCUT2D eigenvalue weighted by Gasteiger charge is 2.23. The number of aliphatic hydroxyl groups excluding tert-OH is 1. The lowest BCUT2D eigenvalue weighted by molar-refractivity contribution is 0.170. The van der Waals surface area contributed by atoms with E-state index in [0.717, 1.165) is 12.8 Å². The van der Waals surface area contributed by atoms with Gasteiger partial charge in [0, 0.05) is 5.25 Å². The van der Waals surface area contributed by atoms with Crippen molar-refractivity contribution < 1.29 is 5.11 Å². The second-order valence-electron chi connectivity index (χ2n) is 4.49. The maximum absolute atomic E-state index is 10.1. The summed E-state index contributed by atoms with van der Waals surface area (Å²) in [6, 6.07) is 8.65. The molecule has 0 bridgehead atoms. The minimum Gasteiger partial charge on any atom is -0.392 e. The molecular weight excluding hydrogens is 216 g/mol. The summed E-state index contributed by atoms with van der Waals surface area (Å²) >= 11 is 1.93. The van der Waals surface area contributed by atoms with Gasteiger partial charge in [0.25, 0.3) is 0 Å². The number of hydrogen-bond acceptors (Lipinski definition) is 2. The molecule has 0 aromatic heterocycles. The van der Waals surface area contributed by atoms with E-state index >= 15 is 0 Å². The van der Waals surface area contributed by atoms with E-state index in [1.165, 1.54) is 29.7 Å². The predicted octanol–water partition coefficient (Wildman–Crippen LogP) is 3.05. The average molecular weight is 236 g/mol. The molecule has 1 nitrogen and oxygen atoms in total. The Morgan fingerprint density at radius 3 is 2.56 bits per heavy atom. The van der Waals surface area contributed by atoms with Crippen molar-refractivity contribution in [3.05, 3.63) is 35.4 Å². The van der Waals surface area contributed by atoms with Crippen molar-refractivity contribution in [2.45, 2.75) is 44.0 Å². The Labute approximate surface area is 102 Å². The van der Waals surface area contributed by atoms with Gasteiger partial charge in [-0.3, -0.25) is 0 Å². The van der Waals surface area contributed by atoms with Crippen molar-refractivity contribution >= 4 is 11.8 Å². The first-order valence-corrected chi connectivity index (χ1v) is 7.22. The summed E-state index contributed by atoms with van der Waals surface area (Å²) in [5.74, 6) is 1.22. The average Bonchev–Trinajstić information content (AvgIpc) is 2.83. The maximum Gasteiger partial charge on any atom is 0.0699 e. The summed E-state index contributed by atoms with van der Waals surface area (Å²) in [4.78, 5) is 0. The number of thioether (sulfide) groups is 1. The molecule has 1 fully saturated rings. The highest BCUT2D eigenvalue weighted by molar-refractivity contribution is 8.00. The van der Waals surface area contributed by atoms with Gasteiger partial charge >= 0.3 is 0 Å². The van der Waals surface area contributed by atoms with Gasteiger partial charge in [-0.25, -0.2) is 0 Å². The molecule has 88 valence electrons. The summed E-state index contributed by atoms with van der Waals surface area (Å²) in [6.45, 7) is 2.17. The normalized spacial score (nSPS) is 22.2. The van der Waals surface area contributed by atoms with E-state index in [1.807, 2.05) is 11.8 Å². The Morgan fingerprint density at radius 1 is 1.31 bits per heavy atom. The number of benzene rings is 1. The van der Waals surface area contributed by atoms with Gasteiger partial charge < -0.3 is 5.11 Å². The quantitative estimate of drug-likeness (QED) is 0.867. The first kappa shape index (κ1) is 12.0. The van der Waals surface area contributed by atoms with E-state index in [4.69, 9.17) is 0 Å². The monoisotopic (exact) mass is 236 g/mol. The number of aliphatic hydroxyl groups is 1. The lowest BCUT2D eigenvalue weighted by atomic mass is 10.0. The van der Waals surface area contributed by atoms with Crippen LogP contribution in [0.15, 0.2) is 24.3 Å². The summed E-state index contributed by atoms with van der Waals surface area (Å²) in [5.41, 5.74) is 2.63. The number of hydrogen-bond donors (Lipinski definition) is 1. The molecule has 1 N–H and O–H groups in total. The highest BCUT2D eigenvalue weighted by Crippen LogP contribution is 2.30. The van der Waals surface area contributed by atoms with Gasteiger partial charge in [-0.1, -0.05) is 31.2 Å². The van der Waals surface area contributed by atoms with Gasteiger partial charge in [-0.15, -0.1) is 0 Å². The van der Waals surface area contributed by atoms with Gasteiger partial charge in [-0.2, -0.15) is 11.8 Å². The molecule has 1 aliphatic heterocycles. The minimum absolute atomic E-state index is 0.167. The van der Waals surface area contributed by atoms with Crippen LogP contribution in [0.25, 0.3) is 0 Å². The smallest absolute Gasteiger partial charge is 0.0699 e. The van der Waals surface area contributed by atoms with Crippen LogP contribution in [-0.4, -0.2) is 22.2 Å². The first-order chi connectivity index (χ1) is 7.79. The fraction of sp³-hybridized carbons (Fsp3) is 0.571. The van der Waals surface area contributed by atoms with Crippen LogP contribution in [-0.2, 0) is 12.8 Å². The van der Waals surface area contributed by atoms with Crippen LogP contribution in [0.2, 0.25) is 0 Å². The fourth-order valence-electron chi connectivity index (χ4n) is 2.19. The van der Waals surface area contributed by atoms with Crippen LogP contribution >= 0.6 is 11.8 Å².